The summed E-state index contributed by atoms with van der Waals surface area (Å²) in [6.07, 6.45) is 0.761. The summed E-state index contributed by atoms with van der Waals surface area (Å²) in [6.45, 7) is 6.57. The molecule has 1 rings (SSSR count). The predicted octanol–water partition coefficient (Wildman–Crippen LogP) is 4.09. The summed E-state index contributed by atoms with van der Waals surface area (Å²) in [7, 11) is 1.27. The number of halogens is 3. The Morgan fingerprint density at radius 1 is 1.24 bits per heavy atom. The van der Waals surface area contributed by atoms with Crippen LogP contribution in [0.4, 0.5) is 0 Å². The number of carbonyl (C=O) groups is 1. The van der Waals surface area contributed by atoms with Gasteiger partial charge in [0.05, 0.1) is 20.5 Å². The van der Waals surface area contributed by atoms with E-state index in [1.165, 1.54) is 0 Å². The van der Waals surface area contributed by atoms with Gasteiger partial charge in [-0.2, -0.15) is 0 Å². The standard InChI is InChI=1S/C13H16Cl3NO3S/c1-13(2,3)4-5-17-12(18)9-6-8(21(16,19)20)7-10(14)11(9)15/h6-7H,4-5H2,1-3H3,(H,17,18). The normalized spacial score (nSPS) is 12.3. The maximum absolute atomic E-state index is 12.1. The largest absolute Gasteiger partial charge is 0.352 e. The van der Waals surface area contributed by atoms with E-state index in [4.69, 9.17) is 33.9 Å². The van der Waals surface area contributed by atoms with Gasteiger partial charge in [0.15, 0.2) is 0 Å². The van der Waals surface area contributed by atoms with Crippen molar-refractivity contribution in [1.29, 1.82) is 0 Å². The first-order chi connectivity index (χ1) is 9.42. The molecule has 0 aromatic heterocycles. The number of amides is 1. The second-order valence-electron chi connectivity index (χ2n) is 5.77. The summed E-state index contributed by atoms with van der Waals surface area (Å²) in [5.74, 6) is -0.492. The van der Waals surface area contributed by atoms with Crippen molar-refractivity contribution in [3.05, 3.63) is 27.7 Å². The van der Waals surface area contributed by atoms with Crippen molar-refractivity contribution < 1.29 is 13.2 Å². The van der Waals surface area contributed by atoms with Crippen LogP contribution in [0.25, 0.3) is 0 Å². The minimum Gasteiger partial charge on any atom is -0.352 e. The Morgan fingerprint density at radius 2 is 1.81 bits per heavy atom. The van der Waals surface area contributed by atoms with Gasteiger partial charge in [0.25, 0.3) is 15.0 Å². The molecule has 8 heteroatoms. The molecule has 4 nitrogen and oxygen atoms in total. The minimum atomic E-state index is -3.99. The SMILES string of the molecule is CC(C)(C)CCNC(=O)c1cc(S(=O)(=O)Cl)cc(Cl)c1Cl. The minimum absolute atomic E-state index is 0.00556. The predicted molar refractivity (Wildman–Crippen MR) is 85.9 cm³/mol. The van der Waals surface area contributed by atoms with Crippen molar-refractivity contribution in [1.82, 2.24) is 5.32 Å². The molecule has 0 spiro atoms. The fraction of sp³-hybridized carbons (Fsp3) is 0.462. The third kappa shape index (κ3) is 5.66. The molecule has 0 aliphatic rings. The van der Waals surface area contributed by atoms with Crippen LogP contribution < -0.4 is 5.32 Å². The molecule has 0 atom stereocenters. The van der Waals surface area contributed by atoms with Crippen LogP contribution in [0.2, 0.25) is 10.0 Å². The van der Waals surface area contributed by atoms with Crippen LogP contribution in [0.5, 0.6) is 0 Å². The average Bonchev–Trinajstić information content (AvgIpc) is 2.29. The van der Waals surface area contributed by atoms with Crippen LogP contribution in [0.3, 0.4) is 0 Å². The van der Waals surface area contributed by atoms with Crippen LogP contribution in [0, 0.1) is 5.41 Å². The van der Waals surface area contributed by atoms with Crippen molar-refractivity contribution in [3.8, 4) is 0 Å². The molecule has 21 heavy (non-hydrogen) atoms. The lowest BCUT2D eigenvalue weighted by Crippen LogP contribution is -2.27. The van der Waals surface area contributed by atoms with Crippen molar-refractivity contribution >= 4 is 48.8 Å². The summed E-state index contributed by atoms with van der Waals surface area (Å²) in [6, 6.07) is 2.22. The highest BCUT2D eigenvalue weighted by Crippen LogP contribution is 2.30. The Hall–Kier alpha value is -0.490. The third-order valence-corrected chi connectivity index (χ3v) is 4.82. The van der Waals surface area contributed by atoms with E-state index in [2.05, 4.69) is 5.32 Å². The summed E-state index contributed by atoms with van der Waals surface area (Å²) in [4.78, 5) is 11.8. The first-order valence-electron chi connectivity index (χ1n) is 6.14. The highest BCUT2D eigenvalue weighted by Gasteiger charge is 2.20. The number of nitrogens with one attached hydrogen (secondary N) is 1. The molecule has 0 bridgehead atoms. The van der Waals surface area contributed by atoms with Gasteiger partial charge in [-0.1, -0.05) is 44.0 Å². The van der Waals surface area contributed by atoms with Gasteiger partial charge in [0.1, 0.15) is 0 Å². The monoisotopic (exact) mass is 371 g/mol. The van der Waals surface area contributed by atoms with Crippen molar-refractivity contribution in [2.45, 2.75) is 32.1 Å². The van der Waals surface area contributed by atoms with Gasteiger partial charge in [-0.3, -0.25) is 4.79 Å². The Morgan fingerprint density at radius 3 is 2.29 bits per heavy atom. The van der Waals surface area contributed by atoms with E-state index in [9.17, 15) is 13.2 Å². The lowest BCUT2D eigenvalue weighted by Gasteiger charge is -2.18. The highest BCUT2D eigenvalue weighted by molar-refractivity contribution is 8.13. The fourth-order valence-electron chi connectivity index (χ4n) is 1.52. The van der Waals surface area contributed by atoms with Gasteiger partial charge in [0, 0.05) is 17.2 Å². The van der Waals surface area contributed by atoms with Crippen LogP contribution in [0.15, 0.2) is 17.0 Å². The van der Waals surface area contributed by atoms with Crippen LogP contribution in [0.1, 0.15) is 37.6 Å². The molecule has 0 saturated heterocycles. The molecule has 0 saturated carbocycles. The Labute approximate surface area is 139 Å². The van der Waals surface area contributed by atoms with E-state index in [0.717, 1.165) is 18.6 Å². The second-order valence-corrected chi connectivity index (χ2v) is 9.12. The average molecular weight is 373 g/mol. The fourth-order valence-corrected chi connectivity index (χ4v) is 2.78. The molecule has 0 aliphatic carbocycles. The molecule has 0 unspecified atom stereocenters. The van der Waals surface area contributed by atoms with Gasteiger partial charge >= 0.3 is 0 Å². The molecule has 0 aliphatic heterocycles. The molecule has 1 aromatic rings. The topological polar surface area (TPSA) is 63.2 Å². The molecule has 118 valence electrons. The smallest absolute Gasteiger partial charge is 0.261 e. The van der Waals surface area contributed by atoms with E-state index in [1.54, 1.807) is 0 Å². The first-order valence-corrected chi connectivity index (χ1v) is 9.20. The third-order valence-electron chi connectivity index (χ3n) is 2.69. The number of carbonyl (C=O) groups excluding carboxylic acids is 1. The maximum atomic E-state index is 12.1. The Balaban J connectivity index is 3.02. The summed E-state index contributed by atoms with van der Waals surface area (Å²) < 4.78 is 22.7. The van der Waals surface area contributed by atoms with Crippen LogP contribution >= 0.6 is 33.9 Å². The molecular weight excluding hydrogens is 357 g/mol. The van der Waals surface area contributed by atoms with E-state index < -0.39 is 15.0 Å². The van der Waals surface area contributed by atoms with E-state index in [1.807, 2.05) is 20.8 Å². The van der Waals surface area contributed by atoms with Gasteiger partial charge in [-0.05, 0) is 24.0 Å². The van der Waals surface area contributed by atoms with Gasteiger partial charge in [0.2, 0.25) is 0 Å². The molecule has 0 heterocycles. The zero-order chi connectivity index (χ0) is 16.4. The van der Waals surface area contributed by atoms with Crippen LogP contribution in [-0.4, -0.2) is 20.9 Å². The summed E-state index contributed by atoms with van der Waals surface area (Å²) >= 11 is 11.8. The van der Waals surface area contributed by atoms with Crippen molar-refractivity contribution in [2.75, 3.05) is 6.54 Å². The van der Waals surface area contributed by atoms with Gasteiger partial charge in [-0.15, -0.1) is 0 Å². The first kappa shape index (κ1) is 18.6. The quantitative estimate of drug-likeness (QED) is 0.810. The molecule has 0 fully saturated rings. The number of hydrogen-bond donors (Lipinski definition) is 1. The van der Waals surface area contributed by atoms with E-state index in [0.29, 0.717) is 6.54 Å². The summed E-state index contributed by atoms with van der Waals surface area (Å²) in [5.41, 5.74) is 0.0491. The van der Waals surface area contributed by atoms with Crippen molar-refractivity contribution in [2.24, 2.45) is 5.41 Å². The molecule has 1 aromatic carbocycles. The second kappa shape index (κ2) is 6.73. The van der Waals surface area contributed by atoms with E-state index in [-0.39, 0.29) is 25.9 Å². The molecule has 0 radical (unpaired) electrons. The molecular formula is C13H16Cl3NO3S. The number of rotatable bonds is 4. The number of hydrogen-bond acceptors (Lipinski definition) is 3. The van der Waals surface area contributed by atoms with Gasteiger partial charge in [-0.25, -0.2) is 8.42 Å². The Bertz CT molecular complexity index is 651. The zero-order valence-electron chi connectivity index (χ0n) is 11.8. The lowest BCUT2D eigenvalue weighted by atomic mass is 9.92. The highest BCUT2D eigenvalue weighted by atomic mass is 35.7. The maximum Gasteiger partial charge on any atom is 0.261 e. The lowest BCUT2D eigenvalue weighted by molar-refractivity contribution is 0.0949. The molecule has 1 N–H and O–H groups in total. The van der Waals surface area contributed by atoms with Crippen LogP contribution in [-0.2, 0) is 9.05 Å². The van der Waals surface area contributed by atoms with E-state index >= 15 is 0 Å². The van der Waals surface area contributed by atoms with Crippen molar-refractivity contribution in [3.63, 3.8) is 0 Å². The van der Waals surface area contributed by atoms with Gasteiger partial charge < -0.3 is 5.32 Å². The zero-order valence-corrected chi connectivity index (χ0v) is 14.9. The Kier molecular flexibility index (Phi) is 5.95. The molecule has 1 amide bonds. The summed E-state index contributed by atoms with van der Waals surface area (Å²) in [5, 5.41) is 2.63. The number of benzene rings is 1.